The monoisotopic (exact) mass is 470 g/mol. The van der Waals surface area contributed by atoms with Crippen LogP contribution in [0.15, 0.2) is 43.1 Å². The van der Waals surface area contributed by atoms with E-state index in [9.17, 15) is 19.2 Å². The number of hydrogen-bond acceptors (Lipinski definition) is 6. The second kappa shape index (κ2) is 9.02. The van der Waals surface area contributed by atoms with Crippen molar-refractivity contribution in [1.82, 2.24) is 29.5 Å². The highest BCUT2D eigenvalue weighted by Crippen LogP contribution is 2.30. The van der Waals surface area contributed by atoms with Crippen molar-refractivity contribution in [2.75, 3.05) is 0 Å². The molecular formula is C25H22N6O4. The van der Waals surface area contributed by atoms with Gasteiger partial charge in [0.25, 0.3) is 11.8 Å². The van der Waals surface area contributed by atoms with Gasteiger partial charge in [-0.3, -0.25) is 34.1 Å². The van der Waals surface area contributed by atoms with Crippen molar-refractivity contribution in [2.45, 2.75) is 44.8 Å². The van der Waals surface area contributed by atoms with Crippen molar-refractivity contribution in [2.24, 2.45) is 0 Å². The highest BCUT2D eigenvalue weighted by atomic mass is 16.2. The molecule has 1 N–H and O–H groups in total. The first kappa shape index (κ1) is 22.3. The molecule has 0 spiro atoms. The summed E-state index contributed by atoms with van der Waals surface area (Å²) in [4.78, 5) is 55.4. The Hall–Kier alpha value is -4.52. The van der Waals surface area contributed by atoms with E-state index in [1.54, 1.807) is 29.3 Å². The van der Waals surface area contributed by atoms with Gasteiger partial charge < -0.3 is 4.57 Å². The molecule has 4 heterocycles. The summed E-state index contributed by atoms with van der Waals surface area (Å²) in [5, 5.41) is 6.43. The van der Waals surface area contributed by atoms with Gasteiger partial charge >= 0.3 is 0 Å². The van der Waals surface area contributed by atoms with Gasteiger partial charge in [0, 0.05) is 25.4 Å². The fourth-order valence-electron chi connectivity index (χ4n) is 4.49. The standard InChI is InChI=1S/C25H22N6O4/c1-2-16-12-27-30(13-16)11-10-29-14-18(26-15-29)7-6-17-4-3-5-19-22(17)25(35)31(24(19)34)20-8-9-21(32)28-23(20)33/h1,3-5,12-15,20H,6-11H2,(H,28,32,33). The zero-order valence-corrected chi connectivity index (χ0v) is 18.8. The number of fused-ring (bicyclic) bond motifs is 1. The lowest BCUT2D eigenvalue weighted by Crippen LogP contribution is -2.54. The summed E-state index contributed by atoms with van der Waals surface area (Å²) < 4.78 is 3.74. The molecule has 1 atom stereocenters. The predicted molar refractivity (Wildman–Crippen MR) is 123 cm³/mol. The molecule has 4 amide bonds. The highest BCUT2D eigenvalue weighted by molar-refractivity contribution is 6.24. The summed E-state index contributed by atoms with van der Waals surface area (Å²) in [6.45, 7) is 1.32. The lowest BCUT2D eigenvalue weighted by Gasteiger charge is -2.27. The lowest BCUT2D eigenvalue weighted by atomic mass is 9.98. The molecule has 35 heavy (non-hydrogen) atoms. The second-order valence-corrected chi connectivity index (χ2v) is 8.53. The number of aromatic nitrogens is 4. The smallest absolute Gasteiger partial charge is 0.262 e. The molecule has 1 unspecified atom stereocenters. The largest absolute Gasteiger partial charge is 0.335 e. The van der Waals surface area contributed by atoms with E-state index in [2.05, 4.69) is 21.3 Å². The Morgan fingerprint density at radius 1 is 1.09 bits per heavy atom. The van der Waals surface area contributed by atoms with Crippen LogP contribution in [0.2, 0.25) is 0 Å². The number of terminal acetylenes is 1. The highest BCUT2D eigenvalue weighted by Gasteiger charge is 2.45. The first-order valence-electron chi connectivity index (χ1n) is 11.3. The molecule has 1 saturated heterocycles. The molecule has 10 nitrogen and oxygen atoms in total. The van der Waals surface area contributed by atoms with E-state index >= 15 is 0 Å². The molecule has 1 fully saturated rings. The SMILES string of the molecule is C#Cc1cnn(CCn2cnc(CCc3cccc4c3C(=O)N(C3CCC(=O)NC3=O)C4=O)c2)c1. The van der Waals surface area contributed by atoms with E-state index in [4.69, 9.17) is 6.42 Å². The fourth-order valence-corrected chi connectivity index (χ4v) is 4.49. The minimum Gasteiger partial charge on any atom is -0.335 e. The van der Waals surface area contributed by atoms with E-state index < -0.39 is 29.7 Å². The van der Waals surface area contributed by atoms with Crippen LogP contribution in [0.3, 0.4) is 0 Å². The number of hydrogen-bond donors (Lipinski definition) is 1. The number of carbonyl (C=O) groups is 4. The molecule has 2 aliphatic heterocycles. The minimum absolute atomic E-state index is 0.0881. The van der Waals surface area contributed by atoms with Crippen molar-refractivity contribution in [3.63, 3.8) is 0 Å². The Balaban J connectivity index is 1.26. The quantitative estimate of drug-likeness (QED) is 0.406. The molecular weight excluding hydrogens is 448 g/mol. The van der Waals surface area contributed by atoms with Gasteiger partial charge in [-0.05, 0) is 30.9 Å². The van der Waals surface area contributed by atoms with Crippen LogP contribution in [0, 0.1) is 12.3 Å². The fraction of sp³-hybridized carbons (Fsp3) is 0.280. The average molecular weight is 470 g/mol. The summed E-state index contributed by atoms with van der Waals surface area (Å²) in [7, 11) is 0. The van der Waals surface area contributed by atoms with Crippen LogP contribution in [-0.2, 0) is 35.5 Å². The Bertz CT molecular complexity index is 1390. The molecule has 2 aliphatic rings. The molecule has 0 bridgehead atoms. The number of aryl methyl sites for hydroxylation is 4. The van der Waals surface area contributed by atoms with Crippen LogP contribution in [0.25, 0.3) is 0 Å². The molecule has 2 aromatic heterocycles. The van der Waals surface area contributed by atoms with E-state index in [0.29, 0.717) is 31.5 Å². The van der Waals surface area contributed by atoms with Crippen molar-refractivity contribution < 1.29 is 19.2 Å². The molecule has 0 radical (unpaired) electrons. The topological polar surface area (TPSA) is 119 Å². The Labute approximate surface area is 200 Å². The third kappa shape index (κ3) is 4.24. The summed E-state index contributed by atoms with van der Waals surface area (Å²) in [6, 6.07) is 4.17. The zero-order chi connectivity index (χ0) is 24.5. The van der Waals surface area contributed by atoms with Crippen LogP contribution in [-0.4, -0.2) is 53.9 Å². The van der Waals surface area contributed by atoms with Crippen LogP contribution in [0.4, 0.5) is 0 Å². The van der Waals surface area contributed by atoms with Crippen molar-refractivity contribution >= 4 is 23.6 Å². The van der Waals surface area contributed by atoms with Crippen LogP contribution in [0.5, 0.6) is 0 Å². The molecule has 1 aromatic carbocycles. The predicted octanol–water partition coefficient (Wildman–Crippen LogP) is 0.948. The minimum atomic E-state index is -0.977. The van der Waals surface area contributed by atoms with E-state index in [1.165, 1.54) is 0 Å². The maximum Gasteiger partial charge on any atom is 0.262 e. The van der Waals surface area contributed by atoms with Gasteiger partial charge in [-0.2, -0.15) is 5.10 Å². The maximum atomic E-state index is 13.2. The first-order chi connectivity index (χ1) is 16.9. The number of nitrogens with one attached hydrogen (secondary N) is 1. The van der Waals surface area contributed by atoms with Crippen LogP contribution >= 0.6 is 0 Å². The van der Waals surface area contributed by atoms with Crippen LogP contribution in [0.1, 0.15) is 50.4 Å². The number of carbonyl (C=O) groups excluding carboxylic acids is 4. The van der Waals surface area contributed by atoms with Gasteiger partial charge in [0.15, 0.2) is 0 Å². The first-order valence-corrected chi connectivity index (χ1v) is 11.3. The molecule has 5 rings (SSSR count). The number of amides is 4. The van der Waals surface area contributed by atoms with Gasteiger partial charge in [-0.25, -0.2) is 4.98 Å². The zero-order valence-electron chi connectivity index (χ0n) is 18.8. The Morgan fingerprint density at radius 2 is 1.94 bits per heavy atom. The summed E-state index contributed by atoms with van der Waals surface area (Å²) in [5.74, 6) is 0.535. The summed E-state index contributed by atoms with van der Waals surface area (Å²) in [5.41, 5.74) is 2.92. The van der Waals surface area contributed by atoms with Gasteiger partial charge in [0.05, 0.1) is 41.5 Å². The number of benzene rings is 1. The number of imidazole rings is 1. The van der Waals surface area contributed by atoms with Crippen molar-refractivity contribution in [1.29, 1.82) is 0 Å². The second-order valence-electron chi connectivity index (χ2n) is 8.53. The molecule has 10 heteroatoms. The number of piperidine rings is 1. The molecule has 176 valence electrons. The summed E-state index contributed by atoms with van der Waals surface area (Å²) >= 11 is 0. The third-order valence-corrected chi connectivity index (χ3v) is 6.28. The van der Waals surface area contributed by atoms with Gasteiger partial charge in [-0.15, -0.1) is 6.42 Å². The average Bonchev–Trinajstić information content (AvgIpc) is 3.56. The van der Waals surface area contributed by atoms with Crippen molar-refractivity contribution in [3.8, 4) is 12.3 Å². The molecule has 3 aromatic rings. The van der Waals surface area contributed by atoms with Gasteiger partial charge in [0.1, 0.15) is 6.04 Å². The number of nitrogens with zero attached hydrogens (tertiary/aromatic N) is 5. The van der Waals surface area contributed by atoms with E-state index in [1.807, 2.05) is 23.0 Å². The van der Waals surface area contributed by atoms with Gasteiger partial charge in [0.2, 0.25) is 11.8 Å². The Kier molecular flexibility index (Phi) is 5.74. The maximum absolute atomic E-state index is 13.2. The Morgan fingerprint density at radius 3 is 2.71 bits per heavy atom. The normalized spacial score (nSPS) is 17.5. The lowest BCUT2D eigenvalue weighted by molar-refractivity contribution is -0.136. The third-order valence-electron chi connectivity index (χ3n) is 6.28. The molecule has 0 aliphatic carbocycles. The van der Waals surface area contributed by atoms with E-state index in [0.717, 1.165) is 21.7 Å². The number of imide groups is 2. The molecule has 0 saturated carbocycles. The summed E-state index contributed by atoms with van der Waals surface area (Å²) in [6.07, 6.45) is 13.8. The van der Waals surface area contributed by atoms with Gasteiger partial charge in [-0.1, -0.05) is 18.1 Å². The number of rotatable bonds is 7. The van der Waals surface area contributed by atoms with E-state index in [-0.39, 0.29) is 18.4 Å². The van der Waals surface area contributed by atoms with Crippen molar-refractivity contribution in [3.05, 3.63) is 71.1 Å². The van der Waals surface area contributed by atoms with Crippen LogP contribution < -0.4 is 5.32 Å².